The third kappa shape index (κ3) is 3.13. The van der Waals surface area contributed by atoms with E-state index in [0.29, 0.717) is 11.3 Å². The summed E-state index contributed by atoms with van der Waals surface area (Å²) >= 11 is 16.4. The molecule has 2 nitrogen and oxygen atoms in total. The summed E-state index contributed by atoms with van der Waals surface area (Å²) in [5, 5.41) is -0.191. The van der Waals surface area contributed by atoms with Gasteiger partial charge in [0.05, 0.1) is 7.11 Å². The number of carbonyl (C=O) groups excluding carboxylic acids is 1. The second-order valence-electron chi connectivity index (χ2n) is 2.63. The molecule has 0 N–H and O–H groups in total. The Morgan fingerprint density at radius 1 is 1.13 bits per heavy atom. The molecule has 0 aliphatic carbocycles. The number of Topliss-reactive ketones (excluding diaryl/α,β-unsaturated/α-hetero) is 1. The molecular formula is C10H7Cl3O2. The number of hydrogen-bond acceptors (Lipinski definition) is 2. The fourth-order valence-electron chi connectivity index (χ4n) is 0.955. The van der Waals surface area contributed by atoms with Crippen LogP contribution >= 0.6 is 34.8 Å². The van der Waals surface area contributed by atoms with Gasteiger partial charge >= 0.3 is 0 Å². The summed E-state index contributed by atoms with van der Waals surface area (Å²) < 4.78 is 4.71. The number of hydrogen-bond donors (Lipinski definition) is 0. The normalized spacial score (nSPS) is 9.60. The van der Waals surface area contributed by atoms with Gasteiger partial charge in [0.25, 0.3) is 0 Å². The minimum Gasteiger partial charge on any atom is -0.497 e. The highest BCUT2D eigenvalue weighted by Crippen LogP contribution is 2.22. The van der Waals surface area contributed by atoms with Crippen LogP contribution in [0.5, 0.6) is 5.75 Å². The number of methoxy groups -OCH3 is 1. The lowest BCUT2D eigenvalue weighted by molar-refractivity contribution is 0.104. The number of ether oxygens (including phenoxy) is 1. The molecule has 0 fully saturated rings. The minimum absolute atomic E-state index is 0.191. The van der Waals surface area contributed by atoms with Crippen molar-refractivity contribution >= 4 is 40.6 Å². The smallest absolute Gasteiger partial charge is 0.206 e. The van der Waals surface area contributed by atoms with Crippen molar-refractivity contribution in [3.63, 3.8) is 0 Å². The van der Waals surface area contributed by atoms with Crippen molar-refractivity contribution < 1.29 is 9.53 Å². The number of carbonyl (C=O) groups is 1. The molecule has 0 radical (unpaired) electrons. The van der Waals surface area contributed by atoms with Crippen molar-refractivity contribution in [3.05, 3.63) is 39.4 Å². The van der Waals surface area contributed by atoms with E-state index in [1.807, 2.05) is 0 Å². The number of allylic oxidation sites excluding steroid dienone is 1. The van der Waals surface area contributed by atoms with Crippen LogP contribution in [0.15, 0.2) is 33.8 Å². The average molecular weight is 266 g/mol. The molecule has 0 saturated carbocycles. The van der Waals surface area contributed by atoms with Gasteiger partial charge in [-0.25, -0.2) is 0 Å². The Hall–Kier alpha value is -0.700. The lowest BCUT2D eigenvalue weighted by atomic mass is 10.1. The molecule has 0 atom stereocenters. The monoisotopic (exact) mass is 264 g/mol. The predicted molar refractivity (Wildman–Crippen MR) is 61.9 cm³/mol. The number of halogens is 3. The molecule has 1 aromatic rings. The number of rotatable bonds is 3. The largest absolute Gasteiger partial charge is 0.497 e. The van der Waals surface area contributed by atoms with Crippen LogP contribution in [0, 0.1) is 0 Å². The fourth-order valence-corrected chi connectivity index (χ4v) is 1.24. The fraction of sp³-hybridized carbons (Fsp3) is 0.100. The van der Waals surface area contributed by atoms with Crippen LogP contribution in [0.25, 0.3) is 0 Å². The van der Waals surface area contributed by atoms with Crippen LogP contribution in [-0.2, 0) is 0 Å². The zero-order chi connectivity index (χ0) is 11.4. The van der Waals surface area contributed by atoms with Crippen LogP contribution in [0.3, 0.4) is 0 Å². The van der Waals surface area contributed by atoms with E-state index in [9.17, 15) is 4.79 Å². The van der Waals surface area contributed by atoms with Gasteiger partial charge in [0, 0.05) is 5.56 Å². The molecule has 1 aromatic carbocycles. The van der Waals surface area contributed by atoms with Crippen LogP contribution in [0.2, 0.25) is 0 Å². The Labute approximate surface area is 102 Å². The van der Waals surface area contributed by atoms with E-state index in [0.717, 1.165) is 0 Å². The highest BCUT2D eigenvalue weighted by molar-refractivity contribution is 6.63. The minimum atomic E-state index is -0.417. The molecule has 0 aliphatic heterocycles. The summed E-state index contributed by atoms with van der Waals surface area (Å²) in [6.45, 7) is 0. The maximum Gasteiger partial charge on any atom is 0.206 e. The lowest BCUT2D eigenvalue weighted by Gasteiger charge is -2.02. The van der Waals surface area contributed by atoms with E-state index in [1.165, 1.54) is 0 Å². The van der Waals surface area contributed by atoms with Crippen molar-refractivity contribution in [2.45, 2.75) is 0 Å². The van der Waals surface area contributed by atoms with Crippen molar-refractivity contribution in [1.29, 1.82) is 0 Å². The lowest BCUT2D eigenvalue weighted by Crippen LogP contribution is -1.99. The first kappa shape index (κ1) is 12.4. The maximum atomic E-state index is 11.6. The van der Waals surface area contributed by atoms with E-state index in [1.54, 1.807) is 31.4 Å². The summed E-state index contributed by atoms with van der Waals surface area (Å²) in [6.07, 6.45) is 0. The molecule has 0 amide bonds. The summed E-state index contributed by atoms with van der Waals surface area (Å²) in [5.74, 6) is 0.239. The first-order valence-corrected chi connectivity index (χ1v) is 5.09. The summed E-state index contributed by atoms with van der Waals surface area (Å²) in [4.78, 5) is 11.6. The van der Waals surface area contributed by atoms with Crippen molar-refractivity contribution in [2.75, 3.05) is 7.11 Å². The third-order valence-electron chi connectivity index (χ3n) is 1.72. The highest BCUT2D eigenvalue weighted by Gasteiger charge is 2.13. The van der Waals surface area contributed by atoms with Gasteiger partial charge in [0.1, 0.15) is 15.3 Å². The average Bonchev–Trinajstić information content (AvgIpc) is 2.27. The predicted octanol–water partition coefficient (Wildman–Crippen LogP) is 3.76. The SMILES string of the molecule is COc1ccc(C(=O)C(Cl)=C(Cl)Cl)cc1. The molecule has 15 heavy (non-hydrogen) atoms. The van der Waals surface area contributed by atoms with E-state index in [4.69, 9.17) is 39.5 Å². The van der Waals surface area contributed by atoms with Crippen LogP contribution in [-0.4, -0.2) is 12.9 Å². The second kappa shape index (κ2) is 5.40. The summed E-state index contributed by atoms with van der Waals surface area (Å²) in [6, 6.07) is 6.47. The zero-order valence-electron chi connectivity index (χ0n) is 7.76. The molecule has 0 spiro atoms. The molecule has 1 rings (SSSR count). The number of ketones is 1. The van der Waals surface area contributed by atoms with Crippen molar-refractivity contribution in [3.8, 4) is 5.75 Å². The van der Waals surface area contributed by atoms with Crippen molar-refractivity contribution in [1.82, 2.24) is 0 Å². The van der Waals surface area contributed by atoms with Crippen molar-refractivity contribution in [2.24, 2.45) is 0 Å². The van der Waals surface area contributed by atoms with E-state index in [-0.39, 0.29) is 9.52 Å². The Bertz CT molecular complexity index is 392. The Kier molecular flexibility index (Phi) is 4.45. The van der Waals surface area contributed by atoms with Gasteiger partial charge in [0.2, 0.25) is 5.78 Å². The van der Waals surface area contributed by atoms with Gasteiger partial charge in [-0.15, -0.1) is 0 Å². The number of benzene rings is 1. The quantitative estimate of drug-likeness (QED) is 0.614. The Morgan fingerprint density at radius 3 is 2.07 bits per heavy atom. The molecule has 0 bridgehead atoms. The molecule has 0 heterocycles. The molecule has 80 valence electrons. The Balaban J connectivity index is 2.98. The highest BCUT2D eigenvalue weighted by atomic mass is 35.5. The van der Waals surface area contributed by atoms with Crippen LogP contribution in [0.4, 0.5) is 0 Å². The van der Waals surface area contributed by atoms with E-state index < -0.39 is 5.78 Å². The molecule has 0 saturated heterocycles. The van der Waals surface area contributed by atoms with E-state index in [2.05, 4.69) is 0 Å². The summed E-state index contributed by atoms with van der Waals surface area (Å²) in [7, 11) is 1.54. The first-order chi connectivity index (χ1) is 7.06. The molecule has 5 heteroatoms. The molecular weight excluding hydrogens is 258 g/mol. The van der Waals surface area contributed by atoms with E-state index >= 15 is 0 Å². The maximum absolute atomic E-state index is 11.6. The third-order valence-corrected chi connectivity index (χ3v) is 2.65. The van der Waals surface area contributed by atoms with Gasteiger partial charge in [-0.05, 0) is 24.3 Å². The van der Waals surface area contributed by atoms with Gasteiger partial charge in [-0.3, -0.25) is 4.79 Å². The first-order valence-electron chi connectivity index (χ1n) is 3.95. The van der Waals surface area contributed by atoms with Gasteiger partial charge < -0.3 is 4.74 Å². The molecule has 0 aromatic heterocycles. The standard InChI is InChI=1S/C10H7Cl3O2/c1-15-7-4-2-6(3-5-7)9(14)8(11)10(12)13/h2-5H,1H3. The topological polar surface area (TPSA) is 26.3 Å². The molecule has 0 unspecified atom stereocenters. The summed E-state index contributed by atoms with van der Waals surface area (Å²) in [5.41, 5.74) is 0.402. The second-order valence-corrected chi connectivity index (χ2v) is 3.96. The van der Waals surface area contributed by atoms with Gasteiger partial charge in [-0.1, -0.05) is 34.8 Å². The molecule has 0 aliphatic rings. The van der Waals surface area contributed by atoms with Crippen LogP contribution in [0.1, 0.15) is 10.4 Å². The van der Waals surface area contributed by atoms with Gasteiger partial charge in [0.15, 0.2) is 0 Å². The Morgan fingerprint density at radius 2 is 1.67 bits per heavy atom. The van der Waals surface area contributed by atoms with Crippen LogP contribution < -0.4 is 4.74 Å². The van der Waals surface area contributed by atoms with Gasteiger partial charge in [-0.2, -0.15) is 0 Å². The zero-order valence-corrected chi connectivity index (χ0v) is 10.0.